The van der Waals surface area contributed by atoms with E-state index in [2.05, 4.69) is 235 Å². The zero-order valence-corrected chi connectivity index (χ0v) is 32.4. The lowest BCUT2D eigenvalue weighted by molar-refractivity contribution is 0.448. The number of allylic oxidation sites excluding steroid dienone is 3. The number of rotatable bonds is 6. The molecule has 0 N–H and O–H groups in total. The Balaban J connectivity index is 1.02. The fraction of sp³-hybridized carbons (Fsp3) is 0.0714. The molecule has 0 fully saturated rings. The van der Waals surface area contributed by atoms with E-state index in [9.17, 15) is 0 Å². The molecule has 2 heterocycles. The van der Waals surface area contributed by atoms with Gasteiger partial charge < -0.3 is 9.47 Å². The van der Waals surface area contributed by atoms with Gasteiger partial charge in [-0.15, -0.1) is 0 Å². The predicted molar refractivity (Wildman–Crippen MR) is 245 cm³/mol. The van der Waals surface area contributed by atoms with Gasteiger partial charge in [-0.05, 0) is 111 Å². The third-order valence-electron chi connectivity index (χ3n) is 12.4. The third kappa shape index (κ3) is 5.80. The maximum Gasteiger partial charge on any atom is 0.0560 e. The zero-order valence-electron chi connectivity index (χ0n) is 32.4. The highest BCUT2D eigenvalue weighted by Gasteiger charge is 2.38. The minimum atomic E-state index is 0.160. The van der Waals surface area contributed by atoms with Crippen LogP contribution >= 0.6 is 0 Å². The molecule has 0 spiro atoms. The fourth-order valence-corrected chi connectivity index (χ4v) is 9.55. The number of fused-ring (bicyclic) bond motifs is 7. The second-order valence-electron chi connectivity index (χ2n) is 15.8. The highest BCUT2D eigenvalue weighted by molar-refractivity contribution is 6.10. The first kappa shape index (κ1) is 34.1. The predicted octanol–water partition coefficient (Wildman–Crippen LogP) is 14.7. The Morgan fingerprint density at radius 1 is 0.414 bits per heavy atom. The molecule has 2 bridgehead atoms. The Hall–Kier alpha value is -7.16. The first-order valence-corrected chi connectivity index (χ1v) is 20.4. The standard InChI is InChI=1S/C56H42N2/c1-38-51-36-43(44-28-32-56-52(37-44)50-22-12-14-24-55(50)57(56)47-29-25-42(26-30-47)39-15-5-2-6-16-39)27-31-53(38)58(54-23-13-11-21-49(51)54)48-34-45(40-17-7-3-8-18-40)33-46(35-48)41-19-9-4-10-20-41/h2-38,51,53H,1H3/t38-,51-,53?/m0/s1. The normalized spacial score (nSPS) is 17.2. The molecule has 276 valence electrons. The van der Waals surface area contributed by atoms with Crippen LogP contribution in [0.3, 0.4) is 0 Å². The molecule has 0 saturated carbocycles. The summed E-state index contributed by atoms with van der Waals surface area (Å²) in [6.45, 7) is 2.43. The van der Waals surface area contributed by atoms with Crippen LogP contribution < -0.4 is 4.90 Å². The van der Waals surface area contributed by atoms with E-state index in [-0.39, 0.29) is 12.0 Å². The molecule has 3 atom stereocenters. The summed E-state index contributed by atoms with van der Waals surface area (Å²) in [7, 11) is 0. The summed E-state index contributed by atoms with van der Waals surface area (Å²) in [6.07, 6.45) is 7.39. The first-order valence-electron chi connectivity index (χ1n) is 20.4. The van der Waals surface area contributed by atoms with Crippen molar-refractivity contribution in [2.24, 2.45) is 5.92 Å². The number of para-hydroxylation sites is 2. The summed E-state index contributed by atoms with van der Waals surface area (Å²) < 4.78 is 2.41. The Kier molecular flexibility index (Phi) is 8.29. The number of nitrogens with zero attached hydrogens (tertiary/aromatic N) is 2. The highest BCUT2D eigenvalue weighted by Crippen LogP contribution is 2.50. The Labute approximate surface area is 340 Å². The maximum atomic E-state index is 2.60. The van der Waals surface area contributed by atoms with E-state index in [4.69, 9.17) is 0 Å². The van der Waals surface area contributed by atoms with E-state index in [0.717, 1.165) is 0 Å². The molecule has 1 aliphatic carbocycles. The molecule has 0 saturated heterocycles. The van der Waals surface area contributed by atoms with Crippen molar-refractivity contribution in [2.75, 3.05) is 4.90 Å². The molecule has 0 amide bonds. The average Bonchev–Trinajstić information content (AvgIpc) is 3.56. The van der Waals surface area contributed by atoms with Gasteiger partial charge in [0.1, 0.15) is 0 Å². The van der Waals surface area contributed by atoms with Gasteiger partial charge in [-0.2, -0.15) is 0 Å². The van der Waals surface area contributed by atoms with Crippen molar-refractivity contribution in [3.8, 4) is 39.1 Å². The summed E-state index contributed by atoms with van der Waals surface area (Å²) in [4.78, 5) is 2.60. The number of hydrogen-bond donors (Lipinski definition) is 0. The largest absolute Gasteiger partial charge is 0.334 e. The molecule has 2 heteroatoms. The molecule has 11 rings (SSSR count). The Morgan fingerprint density at radius 2 is 0.966 bits per heavy atom. The number of aromatic nitrogens is 1. The van der Waals surface area contributed by atoms with Crippen LogP contribution in [0.2, 0.25) is 0 Å². The monoisotopic (exact) mass is 742 g/mol. The van der Waals surface area contributed by atoms with Gasteiger partial charge in [-0.3, -0.25) is 0 Å². The minimum Gasteiger partial charge on any atom is -0.334 e. The van der Waals surface area contributed by atoms with Gasteiger partial charge in [-0.25, -0.2) is 0 Å². The molecule has 1 aliphatic heterocycles. The summed E-state index contributed by atoms with van der Waals surface area (Å²) in [5.74, 6) is 0.599. The molecular weight excluding hydrogens is 701 g/mol. The smallest absolute Gasteiger partial charge is 0.0560 e. The number of hydrogen-bond acceptors (Lipinski definition) is 1. The topological polar surface area (TPSA) is 8.17 Å². The SMILES string of the molecule is C[C@@H]1C2C=CC(c3ccc4c(c3)c3ccccc3n4-c3ccc(-c4ccccc4)cc3)=C[C@@H]1c1ccccc1N2c1cc(-c2ccccc2)cc(-c2ccccc2)c1. The van der Waals surface area contributed by atoms with Crippen molar-refractivity contribution in [3.63, 3.8) is 0 Å². The van der Waals surface area contributed by atoms with Crippen LogP contribution in [0.5, 0.6) is 0 Å². The van der Waals surface area contributed by atoms with Gasteiger partial charge in [0.25, 0.3) is 0 Å². The Bertz CT molecular complexity index is 2950. The lowest BCUT2D eigenvalue weighted by Gasteiger charge is -2.44. The van der Waals surface area contributed by atoms with E-state index in [1.807, 2.05) is 0 Å². The minimum absolute atomic E-state index is 0.160. The van der Waals surface area contributed by atoms with Crippen LogP contribution in [0, 0.1) is 5.92 Å². The summed E-state index contributed by atoms with van der Waals surface area (Å²) in [5.41, 5.74) is 17.3. The van der Waals surface area contributed by atoms with E-state index >= 15 is 0 Å². The Morgan fingerprint density at radius 3 is 1.66 bits per heavy atom. The maximum absolute atomic E-state index is 2.60. The quantitative estimate of drug-likeness (QED) is 0.165. The molecule has 2 aliphatic rings. The lowest BCUT2D eigenvalue weighted by atomic mass is 9.77. The van der Waals surface area contributed by atoms with Crippen molar-refractivity contribution in [1.29, 1.82) is 0 Å². The molecule has 1 unspecified atom stereocenters. The van der Waals surface area contributed by atoms with Crippen molar-refractivity contribution in [1.82, 2.24) is 4.57 Å². The van der Waals surface area contributed by atoms with Gasteiger partial charge >= 0.3 is 0 Å². The van der Waals surface area contributed by atoms with Gasteiger partial charge in [0.2, 0.25) is 0 Å². The van der Waals surface area contributed by atoms with Crippen molar-refractivity contribution >= 4 is 38.8 Å². The van der Waals surface area contributed by atoms with Crippen LogP contribution in [-0.2, 0) is 0 Å². The van der Waals surface area contributed by atoms with Crippen LogP contribution in [-0.4, -0.2) is 10.6 Å². The summed E-state index contributed by atoms with van der Waals surface area (Å²) in [5, 5.41) is 2.53. The molecule has 0 radical (unpaired) electrons. The molecule has 1 aromatic heterocycles. The van der Waals surface area contributed by atoms with Crippen LogP contribution in [0.25, 0.3) is 66.4 Å². The fourth-order valence-electron chi connectivity index (χ4n) is 9.55. The summed E-state index contributed by atoms with van der Waals surface area (Å²) >= 11 is 0. The molecule has 9 aromatic rings. The van der Waals surface area contributed by atoms with E-state index in [1.54, 1.807) is 0 Å². The van der Waals surface area contributed by atoms with Crippen molar-refractivity contribution in [3.05, 3.63) is 230 Å². The molecule has 8 aromatic carbocycles. The van der Waals surface area contributed by atoms with Crippen molar-refractivity contribution in [2.45, 2.75) is 18.9 Å². The van der Waals surface area contributed by atoms with Gasteiger partial charge in [0.15, 0.2) is 0 Å². The van der Waals surface area contributed by atoms with Gasteiger partial charge in [0, 0.05) is 33.8 Å². The zero-order chi connectivity index (χ0) is 38.6. The second-order valence-corrected chi connectivity index (χ2v) is 15.8. The second kappa shape index (κ2) is 14.1. The highest BCUT2D eigenvalue weighted by atomic mass is 15.2. The van der Waals surface area contributed by atoms with E-state index in [1.165, 1.54) is 88.9 Å². The van der Waals surface area contributed by atoms with Crippen molar-refractivity contribution < 1.29 is 0 Å². The van der Waals surface area contributed by atoms with Crippen LogP contribution in [0.1, 0.15) is 24.0 Å². The van der Waals surface area contributed by atoms with Gasteiger partial charge in [-0.1, -0.05) is 171 Å². The lowest BCUT2D eigenvalue weighted by Crippen LogP contribution is -2.41. The first-order chi connectivity index (χ1) is 28.7. The molecule has 58 heavy (non-hydrogen) atoms. The van der Waals surface area contributed by atoms with Crippen LogP contribution in [0.15, 0.2) is 218 Å². The van der Waals surface area contributed by atoms with E-state index in [0.29, 0.717) is 5.92 Å². The van der Waals surface area contributed by atoms with Crippen LogP contribution in [0.4, 0.5) is 11.4 Å². The number of anilines is 2. The third-order valence-corrected chi connectivity index (χ3v) is 12.4. The number of benzene rings is 8. The average molecular weight is 743 g/mol. The molecular formula is C56H42N2. The van der Waals surface area contributed by atoms with E-state index < -0.39 is 0 Å². The van der Waals surface area contributed by atoms with Gasteiger partial charge in [0.05, 0.1) is 17.1 Å². The summed E-state index contributed by atoms with van der Waals surface area (Å²) in [6, 6.07) is 73.4. The molecule has 2 nitrogen and oxygen atoms in total.